The molecular weight excluding hydrogens is 354 g/mol. The van der Waals surface area contributed by atoms with Crippen LogP contribution in [0.25, 0.3) is 0 Å². The summed E-state index contributed by atoms with van der Waals surface area (Å²) in [7, 11) is 0. The number of carbonyl (C=O) groups excluding carboxylic acids is 1. The molecule has 6 heteroatoms. The van der Waals surface area contributed by atoms with E-state index in [4.69, 9.17) is 9.47 Å². The summed E-state index contributed by atoms with van der Waals surface area (Å²) in [6.45, 7) is 5.05. The van der Waals surface area contributed by atoms with Crippen LogP contribution in [0.15, 0.2) is 48.7 Å². The molecule has 148 valence electrons. The van der Waals surface area contributed by atoms with Crippen molar-refractivity contribution in [3.05, 3.63) is 59.9 Å². The maximum absolute atomic E-state index is 13.2. The second-order valence-corrected chi connectivity index (χ2v) is 7.24. The number of morpholine rings is 1. The van der Waals surface area contributed by atoms with E-state index in [2.05, 4.69) is 9.88 Å². The average Bonchev–Trinajstić information content (AvgIpc) is 2.79. The molecule has 2 aromatic rings. The molecule has 2 aliphatic rings. The predicted molar refractivity (Wildman–Crippen MR) is 107 cm³/mol. The Labute approximate surface area is 166 Å². The topological polar surface area (TPSA) is 54.9 Å². The minimum Gasteiger partial charge on any atom is -0.378 e. The highest BCUT2D eigenvalue weighted by atomic mass is 16.5. The van der Waals surface area contributed by atoms with Crippen molar-refractivity contribution in [3.8, 4) is 0 Å². The molecular formula is C22H27N3O3. The van der Waals surface area contributed by atoms with Crippen molar-refractivity contribution in [1.29, 1.82) is 0 Å². The van der Waals surface area contributed by atoms with Crippen molar-refractivity contribution in [3.63, 3.8) is 0 Å². The monoisotopic (exact) mass is 381 g/mol. The number of carbonyl (C=O) groups is 1. The number of anilines is 1. The molecule has 2 aliphatic heterocycles. The Morgan fingerprint density at radius 3 is 2.54 bits per heavy atom. The molecule has 0 saturated carbocycles. The normalized spacial score (nSPS) is 18.3. The highest BCUT2D eigenvalue weighted by Gasteiger charge is 2.27. The molecule has 3 heterocycles. The predicted octanol–water partition coefficient (Wildman–Crippen LogP) is 2.74. The van der Waals surface area contributed by atoms with Gasteiger partial charge in [0, 0.05) is 38.1 Å². The summed E-state index contributed by atoms with van der Waals surface area (Å²) < 4.78 is 11.4. The maximum Gasteiger partial charge on any atom is 0.255 e. The Balaban J connectivity index is 1.34. The molecule has 1 amide bonds. The zero-order valence-corrected chi connectivity index (χ0v) is 16.1. The molecule has 1 aromatic heterocycles. The van der Waals surface area contributed by atoms with Crippen molar-refractivity contribution in [2.75, 3.05) is 44.3 Å². The summed E-state index contributed by atoms with van der Waals surface area (Å²) in [6.07, 6.45) is 3.68. The van der Waals surface area contributed by atoms with Crippen LogP contribution in [-0.2, 0) is 16.1 Å². The van der Waals surface area contributed by atoms with Crippen LogP contribution in [0.3, 0.4) is 0 Å². The highest BCUT2D eigenvalue weighted by Crippen LogP contribution is 2.25. The Morgan fingerprint density at radius 1 is 1.04 bits per heavy atom. The van der Waals surface area contributed by atoms with Crippen molar-refractivity contribution < 1.29 is 14.3 Å². The Hall–Kier alpha value is -2.44. The van der Waals surface area contributed by atoms with Gasteiger partial charge in [-0.15, -0.1) is 0 Å². The van der Waals surface area contributed by atoms with Gasteiger partial charge in [0.1, 0.15) is 0 Å². The van der Waals surface area contributed by atoms with Crippen LogP contribution < -0.4 is 4.90 Å². The molecule has 1 aromatic carbocycles. The fraction of sp³-hybridized carbons (Fsp3) is 0.455. The van der Waals surface area contributed by atoms with Crippen LogP contribution >= 0.6 is 0 Å². The number of hydrogen-bond acceptors (Lipinski definition) is 5. The van der Waals surface area contributed by atoms with Gasteiger partial charge >= 0.3 is 0 Å². The SMILES string of the molecule is O=C(c1ccccc1N1CCOCC1)N1CCC(OCc2ccccn2)CC1. The van der Waals surface area contributed by atoms with Crippen molar-refractivity contribution in [2.24, 2.45) is 0 Å². The van der Waals surface area contributed by atoms with E-state index in [-0.39, 0.29) is 12.0 Å². The average molecular weight is 381 g/mol. The molecule has 2 fully saturated rings. The number of benzene rings is 1. The largest absolute Gasteiger partial charge is 0.378 e. The van der Waals surface area contributed by atoms with Gasteiger partial charge in [-0.25, -0.2) is 0 Å². The smallest absolute Gasteiger partial charge is 0.255 e. The van der Waals surface area contributed by atoms with Crippen molar-refractivity contribution in [1.82, 2.24) is 9.88 Å². The number of para-hydroxylation sites is 1. The molecule has 0 radical (unpaired) electrons. The number of piperidine rings is 1. The standard InChI is InChI=1S/C22H27N3O3/c26-22(20-6-1-2-7-21(20)24-13-15-27-16-14-24)25-11-8-19(9-12-25)28-17-18-5-3-4-10-23-18/h1-7,10,19H,8-9,11-17H2. The van der Waals surface area contributed by atoms with Gasteiger partial charge in [0.25, 0.3) is 5.91 Å². The van der Waals surface area contributed by atoms with E-state index in [1.165, 1.54) is 0 Å². The second kappa shape index (κ2) is 9.17. The first-order valence-electron chi connectivity index (χ1n) is 10.0. The third-order valence-electron chi connectivity index (χ3n) is 5.41. The van der Waals surface area contributed by atoms with Crippen LogP contribution in [-0.4, -0.2) is 61.3 Å². The number of ether oxygens (including phenoxy) is 2. The lowest BCUT2D eigenvalue weighted by atomic mass is 10.0. The molecule has 0 N–H and O–H groups in total. The number of aromatic nitrogens is 1. The lowest BCUT2D eigenvalue weighted by Gasteiger charge is -2.34. The Morgan fingerprint density at radius 2 is 1.79 bits per heavy atom. The van der Waals surface area contributed by atoms with Gasteiger partial charge in [-0.05, 0) is 37.1 Å². The van der Waals surface area contributed by atoms with Crippen LogP contribution in [0.5, 0.6) is 0 Å². The number of likely N-dealkylation sites (tertiary alicyclic amines) is 1. The van der Waals surface area contributed by atoms with Gasteiger partial charge < -0.3 is 19.3 Å². The van der Waals surface area contributed by atoms with Crippen LogP contribution in [0.2, 0.25) is 0 Å². The Bertz CT molecular complexity index is 770. The lowest BCUT2D eigenvalue weighted by Crippen LogP contribution is -2.42. The summed E-state index contributed by atoms with van der Waals surface area (Å²) in [5.74, 6) is 0.116. The zero-order valence-electron chi connectivity index (χ0n) is 16.1. The fourth-order valence-electron chi connectivity index (χ4n) is 3.82. The third kappa shape index (κ3) is 4.51. The van der Waals surface area contributed by atoms with E-state index in [9.17, 15) is 4.79 Å². The first kappa shape index (κ1) is 18.9. The van der Waals surface area contributed by atoms with Gasteiger partial charge in [0.15, 0.2) is 0 Å². The molecule has 0 atom stereocenters. The van der Waals surface area contributed by atoms with E-state index in [1.54, 1.807) is 6.20 Å². The van der Waals surface area contributed by atoms with Crippen molar-refractivity contribution >= 4 is 11.6 Å². The molecule has 2 saturated heterocycles. The summed E-state index contributed by atoms with van der Waals surface area (Å²) in [5, 5.41) is 0. The van der Waals surface area contributed by atoms with Crippen molar-refractivity contribution in [2.45, 2.75) is 25.6 Å². The molecule has 0 bridgehead atoms. The maximum atomic E-state index is 13.2. The summed E-state index contributed by atoms with van der Waals surface area (Å²) in [6, 6.07) is 13.8. The number of amides is 1. The minimum atomic E-state index is 0.116. The van der Waals surface area contributed by atoms with Crippen LogP contribution in [0.4, 0.5) is 5.69 Å². The van der Waals surface area contributed by atoms with Gasteiger partial charge in [-0.1, -0.05) is 18.2 Å². The minimum absolute atomic E-state index is 0.116. The number of nitrogens with zero attached hydrogens (tertiary/aromatic N) is 3. The molecule has 0 spiro atoms. The van der Waals surface area contributed by atoms with Gasteiger partial charge in [0.2, 0.25) is 0 Å². The molecule has 28 heavy (non-hydrogen) atoms. The molecule has 0 unspecified atom stereocenters. The van der Waals surface area contributed by atoms with E-state index in [1.807, 2.05) is 47.4 Å². The van der Waals surface area contributed by atoms with E-state index in [0.29, 0.717) is 19.8 Å². The third-order valence-corrected chi connectivity index (χ3v) is 5.41. The number of pyridine rings is 1. The zero-order chi connectivity index (χ0) is 19.2. The first-order valence-corrected chi connectivity index (χ1v) is 10.0. The molecule has 6 nitrogen and oxygen atoms in total. The number of hydrogen-bond donors (Lipinski definition) is 0. The summed E-state index contributed by atoms with van der Waals surface area (Å²) >= 11 is 0. The van der Waals surface area contributed by atoms with E-state index < -0.39 is 0 Å². The first-order chi connectivity index (χ1) is 13.8. The fourth-order valence-corrected chi connectivity index (χ4v) is 3.82. The quantitative estimate of drug-likeness (QED) is 0.797. The Kier molecular flexibility index (Phi) is 6.19. The molecule has 4 rings (SSSR count). The highest BCUT2D eigenvalue weighted by molar-refractivity contribution is 5.99. The van der Waals surface area contributed by atoms with Crippen LogP contribution in [0, 0.1) is 0 Å². The summed E-state index contributed by atoms with van der Waals surface area (Å²) in [4.78, 5) is 21.7. The van der Waals surface area contributed by atoms with Gasteiger partial charge in [0.05, 0.1) is 37.2 Å². The summed E-state index contributed by atoms with van der Waals surface area (Å²) in [5.41, 5.74) is 2.75. The number of rotatable bonds is 5. The molecule has 0 aliphatic carbocycles. The second-order valence-electron chi connectivity index (χ2n) is 7.24. The van der Waals surface area contributed by atoms with Gasteiger partial charge in [-0.2, -0.15) is 0 Å². The van der Waals surface area contributed by atoms with Crippen LogP contribution in [0.1, 0.15) is 28.9 Å². The lowest BCUT2D eigenvalue weighted by molar-refractivity contribution is -0.00160. The van der Waals surface area contributed by atoms with E-state index in [0.717, 1.165) is 56.0 Å². The van der Waals surface area contributed by atoms with Gasteiger partial charge in [-0.3, -0.25) is 9.78 Å². The van der Waals surface area contributed by atoms with E-state index >= 15 is 0 Å².